The lowest BCUT2D eigenvalue weighted by molar-refractivity contribution is -0.114. The van der Waals surface area contributed by atoms with E-state index in [4.69, 9.17) is 4.74 Å². The Morgan fingerprint density at radius 2 is 2.33 bits per heavy atom. The average Bonchev–Trinajstić information content (AvgIpc) is 2.63. The van der Waals surface area contributed by atoms with Crippen LogP contribution >= 0.6 is 11.8 Å². The largest absolute Gasteiger partial charge is 0.461 e. The van der Waals surface area contributed by atoms with Crippen molar-refractivity contribution < 1.29 is 14.3 Å². The summed E-state index contributed by atoms with van der Waals surface area (Å²) < 4.78 is 4.78. The van der Waals surface area contributed by atoms with Crippen LogP contribution in [-0.2, 0) is 9.53 Å². The maximum Gasteiger partial charge on any atom is 0.356 e. The number of carbonyl (C=O) groups is 2. The molecule has 0 spiro atoms. The molecule has 0 aliphatic rings. The van der Waals surface area contributed by atoms with E-state index >= 15 is 0 Å². The number of hydrogen-bond acceptors (Lipinski definition) is 5. The molecule has 0 radical (unpaired) electrons. The molecule has 0 unspecified atom stereocenters. The standard InChI is InChI=1S/C9H12N2O3S/c1-3-14-8(13)7-4-10-9(11-7)15-5-6(2)12/h4H,3,5H2,1-2H3,(H,10,11). The summed E-state index contributed by atoms with van der Waals surface area (Å²) in [5.41, 5.74) is 0.308. The van der Waals surface area contributed by atoms with E-state index in [-0.39, 0.29) is 5.78 Å². The number of esters is 1. The molecule has 0 saturated carbocycles. The third-order valence-electron chi connectivity index (χ3n) is 1.46. The maximum absolute atomic E-state index is 11.2. The van der Waals surface area contributed by atoms with Crippen LogP contribution in [0.5, 0.6) is 0 Å². The van der Waals surface area contributed by atoms with Crippen molar-refractivity contribution in [1.82, 2.24) is 9.97 Å². The van der Waals surface area contributed by atoms with Crippen LogP contribution in [0.1, 0.15) is 24.3 Å². The van der Waals surface area contributed by atoms with Gasteiger partial charge in [0.15, 0.2) is 5.16 Å². The van der Waals surface area contributed by atoms with Gasteiger partial charge in [-0.2, -0.15) is 0 Å². The van der Waals surface area contributed by atoms with E-state index < -0.39 is 5.97 Å². The van der Waals surface area contributed by atoms with E-state index in [0.717, 1.165) is 0 Å². The molecule has 5 nitrogen and oxygen atoms in total. The summed E-state index contributed by atoms with van der Waals surface area (Å²) in [6, 6.07) is 0. The molecular formula is C9H12N2O3S. The number of carbonyl (C=O) groups excluding carboxylic acids is 2. The highest BCUT2D eigenvalue weighted by Crippen LogP contribution is 2.13. The Balaban J connectivity index is 2.56. The van der Waals surface area contributed by atoms with E-state index in [0.29, 0.717) is 23.2 Å². The van der Waals surface area contributed by atoms with Crippen LogP contribution in [0.15, 0.2) is 11.4 Å². The molecule has 0 aliphatic heterocycles. The van der Waals surface area contributed by atoms with Crippen LogP contribution in [0.3, 0.4) is 0 Å². The van der Waals surface area contributed by atoms with Gasteiger partial charge in [-0.3, -0.25) is 4.79 Å². The number of Topliss-reactive ketones (excluding diaryl/α,β-unsaturated/α-hetero) is 1. The summed E-state index contributed by atoms with van der Waals surface area (Å²) in [6.07, 6.45) is 1.40. The number of hydrogen-bond donors (Lipinski definition) is 1. The van der Waals surface area contributed by atoms with Crippen molar-refractivity contribution in [3.8, 4) is 0 Å². The molecule has 1 heterocycles. The predicted molar refractivity (Wildman–Crippen MR) is 55.9 cm³/mol. The fourth-order valence-electron chi connectivity index (χ4n) is 0.859. The summed E-state index contributed by atoms with van der Waals surface area (Å²) in [6.45, 7) is 3.57. The number of ether oxygens (including phenoxy) is 1. The molecule has 0 aromatic carbocycles. The smallest absolute Gasteiger partial charge is 0.356 e. The van der Waals surface area contributed by atoms with Gasteiger partial charge in [0, 0.05) is 0 Å². The number of aromatic amines is 1. The molecule has 82 valence electrons. The molecule has 0 aliphatic carbocycles. The molecule has 0 saturated heterocycles. The predicted octanol–water partition coefficient (Wildman–Crippen LogP) is 1.27. The van der Waals surface area contributed by atoms with E-state index in [9.17, 15) is 9.59 Å². The summed E-state index contributed by atoms with van der Waals surface area (Å²) in [4.78, 5) is 28.7. The highest BCUT2D eigenvalue weighted by molar-refractivity contribution is 7.99. The van der Waals surface area contributed by atoms with Gasteiger partial charge in [-0.1, -0.05) is 11.8 Å². The van der Waals surface area contributed by atoms with Crippen molar-refractivity contribution in [1.29, 1.82) is 0 Å². The van der Waals surface area contributed by atoms with Crippen LogP contribution in [0.25, 0.3) is 0 Å². The first-order valence-corrected chi connectivity index (χ1v) is 5.46. The number of aromatic nitrogens is 2. The molecule has 1 aromatic heterocycles. The number of nitrogens with one attached hydrogen (secondary N) is 1. The number of nitrogens with zero attached hydrogens (tertiary/aromatic N) is 1. The average molecular weight is 228 g/mol. The molecule has 15 heavy (non-hydrogen) atoms. The van der Waals surface area contributed by atoms with Crippen LogP contribution in [0.2, 0.25) is 0 Å². The second kappa shape index (κ2) is 5.55. The number of thioether (sulfide) groups is 1. The van der Waals surface area contributed by atoms with Crippen molar-refractivity contribution in [3.05, 3.63) is 11.9 Å². The fraction of sp³-hybridized carbons (Fsp3) is 0.444. The second-order valence-corrected chi connectivity index (χ2v) is 3.78. The molecule has 1 aromatic rings. The molecule has 6 heteroatoms. The summed E-state index contributed by atoms with van der Waals surface area (Å²) in [5, 5.41) is 0.549. The summed E-state index contributed by atoms with van der Waals surface area (Å²) in [5.74, 6) is -0.0239. The Labute approximate surface area is 91.6 Å². The number of ketones is 1. The van der Waals surface area contributed by atoms with Gasteiger partial charge in [-0.15, -0.1) is 0 Å². The third-order valence-corrected chi connectivity index (χ3v) is 2.49. The van der Waals surface area contributed by atoms with Gasteiger partial charge in [-0.25, -0.2) is 9.78 Å². The van der Waals surface area contributed by atoms with Crippen molar-refractivity contribution >= 4 is 23.5 Å². The topological polar surface area (TPSA) is 72.0 Å². The van der Waals surface area contributed by atoms with Gasteiger partial charge in [0.2, 0.25) is 0 Å². The number of imidazole rings is 1. The lowest BCUT2D eigenvalue weighted by Gasteiger charge is -1.97. The Hall–Kier alpha value is -1.30. The zero-order valence-electron chi connectivity index (χ0n) is 8.57. The highest BCUT2D eigenvalue weighted by atomic mass is 32.2. The minimum absolute atomic E-state index is 0.0640. The van der Waals surface area contributed by atoms with Gasteiger partial charge in [-0.05, 0) is 13.8 Å². The van der Waals surface area contributed by atoms with Crippen LogP contribution in [0, 0.1) is 0 Å². The van der Waals surface area contributed by atoms with Crippen molar-refractivity contribution in [2.75, 3.05) is 12.4 Å². The van der Waals surface area contributed by atoms with Gasteiger partial charge in [0.1, 0.15) is 11.5 Å². The van der Waals surface area contributed by atoms with Crippen LogP contribution in [0.4, 0.5) is 0 Å². The first-order valence-electron chi connectivity index (χ1n) is 4.47. The molecule has 0 amide bonds. The number of rotatable bonds is 5. The van der Waals surface area contributed by atoms with E-state index in [1.165, 1.54) is 24.9 Å². The van der Waals surface area contributed by atoms with E-state index in [1.807, 2.05) is 0 Å². The van der Waals surface area contributed by atoms with E-state index in [2.05, 4.69) is 9.97 Å². The third kappa shape index (κ3) is 3.75. The number of H-pyrrole nitrogens is 1. The normalized spacial score (nSPS) is 10.0. The van der Waals surface area contributed by atoms with Gasteiger partial charge in [0.05, 0.1) is 18.6 Å². The lowest BCUT2D eigenvalue weighted by atomic mass is 10.5. The zero-order chi connectivity index (χ0) is 11.3. The minimum atomic E-state index is -0.431. The van der Waals surface area contributed by atoms with Gasteiger partial charge in [0.25, 0.3) is 0 Å². The molecule has 0 bridgehead atoms. The monoisotopic (exact) mass is 228 g/mol. The lowest BCUT2D eigenvalue weighted by Crippen LogP contribution is -2.04. The zero-order valence-corrected chi connectivity index (χ0v) is 9.39. The summed E-state index contributed by atoms with van der Waals surface area (Å²) >= 11 is 1.26. The van der Waals surface area contributed by atoms with Gasteiger partial charge >= 0.3 is 5.97 Å². The molecule has 1 rings (SSSR count). The first kappa shape index (κ1) is 11.8. The first-order chi connectivity index (χ1) is 7.13. The van der Waals surface area contributed by atoms with E-state index in [1.54, 1.807) is 6.92 Å². The molecule has 1 N–H and O–H groups in total. The fourth-order valence-corrected chi connectivity index (χ4v) is 1.51. The SMILES string of the molecule is CCOC(=O)c1cnc(SCC(C)=O)[nH]1. The summed E-state index contributed by atoms with van der Waals surface area (Å²) in [7, 11) is 0. The van der Waals surface area contributed by atoms with Crippen LogP contribution in [-0.4, -0.2) is 34.1 Å². The Kier molecular flexibility index (Phi) is 4.36. The Morgan fingerprint density at radius 3 is 2.93 bits per heavy atom. The molecule has 0 atom stereocenters. The second-order valence-electron chi connectivity index (χ2n) is 2.81. The Bertz CT molecular complexity index is 362. The maximum atomic E-state index is 11.2. The molecular weight excluding hydrogens is 216 g/mol. The Morgan fingerprint density at radius 1 is 1.60 bits per heavy atom. The van der Waals surface area contributed by atoms with Crippen molar-refractivity contribution in [2.45, 2.75) is 19.0 Å². The van der Waals surface area contributed by atoms with Crippen LogP contribution < -0.4 is 0 Å². The minimum Gasteiger partial charge on any atom is -0.461 e. The quantitative estimate of drug-likeness (QED) is 0.607. The van der Waals surface area contributed by atoms with Crippen molar-refractivity contribution in [2.24, 2.45) is 0 Å². The molecule has 0 fully saturated rings. The van der Waals surface area contributed by atoms with Crippen molar-refractivity contribution in [3.63, 3.8) is 0 Å². The van der Waals surface area contributed by atoms with Gasteiger partial charge < -0.3 is 9.72 Å². The highest BCUT2D eigenvalue weighted by Gasteiger charge is 2.10.